The highest BCUT2D eigenvalue weighted by atomic mass is 16.8. The molecule has 0 unspecified atom stereocenters. The number of carbonyl (C=O) groups excluding carboxylic acids is 2. The maximum Gasteiger partial charge on any atom is 0.317 e. The van der Waals surface area contributed by atoms with Crippen LogP contribution in [0.15, 0.2) is 0 Å². The third-order valence-corrected chi connectivity index (χ3v) is 6.28. The van der Waals surface area contributed by atoms with Crippen LogP contribution >= 0.6 is 0 Å². The lowest BCUT2D eigenvalue weighted by molar-refractivity contribution is -0.244. The Kier molecular flexibility index (Phi) is 6.23. The van der Waals surface area contributed by atoms with Crippen molar-refractivity contribution >= 4 is 11.9 Å². The number of esters is 2. The van der Waals surface area contributed by atoms with Gasteiger partial charge < -0.3 is 18.9 Å². The van der Waals surface area contributed by atoms with Crippen LogP contribution in [0.5, 0.6) is 0 Å². The van der Waals surface area contributed by atoms with Crippen LogP contribution in [0.25, 0.3) is 0 Å². The molecule has 26 heavy (non-hydrogen) atoms. The van der Waals surface area contributed by atoms with E-state index in [9.17, 15) is 9.59 Å². The topological polar surface area (TPSA) is 71.1 Å². The molecule has 6 nitrogen and oxygen atoms in total. The van der Waals surface area contributed by atoms with Gasteiger partial charge in [0.05, 0.1) is 25.9 Å². The van der Waals surface area contributed by atoms with Crippen molar-refractivity contribution in [2.75, 3.05) is 13.7 Å². The zero-order chi connectivity index (χ0) is 18.6. The summed E-state index contributed by atoms with van der Waals surface area (Å²) in [6.07, 6.45) is 9.31. The summed E-state index contributed by atoms with van der Waals surface area (Å²) in [5, 5.41) is 0. The van der Waals surface area contributed by atoms with E-state index in [1.165, 1.54) is 13.5 Å². The van der Waals surface area contributed by atoms with E-state index >= 15 is 0 Å². The Morgan fingerprint density at radius 1 is 1.04 bits per heavy atom. The van der Waals surface area contributed by atoms with Gasteiger partial charge in [-0.3, -0.25) is 9.59 Å². The fourth-order valence-corrected chi connectivity index (χ4v) is 5.06. The number of ether oxygens (including phenoxy) is 4. The van der Waals surface area contributed by atoms with Gasteiger partial charge in [0.2, 0.25) is 0 Å². The first-order valence-electron chi connectivity index (χ1n) is 10.2. The Morgan fingerprint density at radius 3 is 2.35 bits per heavy atom. The van der Waals surface area contributed by atoms with Crippen molar-refractivity contribution in [3.05, 3.63) is 0 Å². The van der Waals surface area contributed by atoms with E-state index in [0.717, 1.165) is 32.1 Å². The van der Waals surface area contributed by atoms with E-state index < -0.39 is 11.2 Å². The first-order valence-corrected chi connectivity index (χ1v) is 10.2. The Labute approximate surface area is 155 Å². The first-order chi connectivity index (χ1) is 12.6. The molecule has 0 aromatic heterocycles. The summed E-state index contributed by atoms with van der Waals surface area (Å²) < 4.78 is 23.2. The van der Waals surface area contributed by atoms with Crippen LogP contribution in [-0.2, 0) is 28.5 Å². The van der Waals surface area contributed by atoms with Gasteiger partial charge in [0.1, 0.15) is 5.41 Å². The molecular formula is C20H32O6. The molecule has 3 atom stereocenters. The second-order valence-corrected chi connectivity index (χ2v) is 7.79. The van der Waals surface area contributed by atoms with E-state index in [-0.39, 0.29) is 24.1 Å². The zero-order valence-electron chi connectivity index (χ0n) is 16.1. The molecule has 0 radical (unpaired) electrons. The third-order valence-electron chi connectivity index (χ3n) is 6.28. The fraction of sp³-hybridized carbons (Fsp3) is 0.900. The number of methoxy groups -OCH3 is 1. The molecule has 0 aromatic carbocycles. The number of fused-ring (bicyclic) bond motifs is 1. The van der Waals surface area contributed by atoms with Crippen LogP contribution < -0.4 is 0 Å². The van der Waals surface area contributed by atoms with Gasteiger partial charge in [-0.05, 0) is 45.4 Å². The van der Waals surface area contributed by atoms with Gasteiger partial charge in [-0.2, -0.15) is 0 Å². The van der Waals surface area contributed by atoms with Crippen molar-refractivity contribution in [1.82, 2.24) is 0 Å². The number of carbonyl (C=O) groups is 2. The predicted octanol–water partition coefficient (Wildman–Crippen LogP) is 3.51. The van der Waals surface area contributed by atoms with Gasteiger partial charge in [0.25, 0.3) is 0 Å². The monoisotopic (exact) mass is 368 g/mol. The molecule has 1 spiro atoms. The highest BCUT2D eigenvalue weighted by molar-refractivity contribution is 5.79. The normalized spacial score (nSPS) is 32.8. The summed E-state index contributed by atoms with van der Waals surface area (Å²) in [5.41, 5.74) is -0.819. The van der Waals surface area contributed by atoms with Gasteiger partial charge in [0, 0.05) is 12.8 Å². The average Bonchev–Trinajstić information content (AvgIpc) is 3.08. The predicted molar refractivity (Wildman–Crippen MR) is 94.3 cm³/mol. The summed E-state index contributed by atoms with van der Waals surface area (Å²) in [6.45, 7) is 2.17. The van der Waals surface area contributed by atoms with Crippen LogP contribution in [-0.4, -0.2) is 43.7 Å². The van der Waals surface area contributed by atoms with Gasteiger partial charge >= 0.3 is 11.9 Å². The molecule has 6 heteroatoms. The second-order valence-electron chi connectivity index (χ2n) is 7.79. The largest absolute Gasteiger partial charge is 0.468 e. The van der Waals surface area contributed by atoms with Crippen LogP contribution in [0, 0.1) is 5.41 Å². The van der Waals surface area contributed by atoms with Crippen molar-refractivity contribution in [2.45, 2.75) is 95.5 Å². The van der Waals surface area contributed by atoms with Gasteiger partial charge in [-0.25, -0.2) is 0 Å². The Hall–Kier alpha value is -1.14. The molecule has 0 bridgehead atoms. The van der Waals surface area contributed by atoms with Crippen LogP contribution in [0.4, 0.5) is 0 Å². The Bertz CT molecular complexity index is 504. The quantitative estimate of drug-likeness (QED) is 0.668. The third kappa shape index (κ3) is 3.50. The smallest absolute Gasteiger partial charge is 0.317 e. The standard InChI is InChI=1S/C20H32O6/c1-3-24-17(21)11-7-12-19(18(22)23-2)13-8-14-20(19)25-15-9-5-4-6-10-16(15)26-20/h15-16H,3-14H2,1-2H3/t15-,16-,19-/m1/s1. The minimum absolute atomic E-state index is 0.0738. The van der Waals surface area contributed by atoms with Crippen molar-refractivity contribution in [3.8, 4) is 0 Å². The summed E-state index contributed by atoms with van der Waals surface area (Å²) in [6, 6.07) is 0. The lowest BCUT2D eigenvalue weighted by Crippen LogP contribution is -2.51. The summed E-state index contributed by atoms with van der Waals surface area (Å²) in [7, 11) is 1.43. The molecule has 0 amide bonds. The maximum absolute atomic E-state index is 12.9. The molecular weight excluding hydrogens is 336 g/mol. The van der Waals surface area contributed by atoms with Crippen molar-refractivity contribution in [3.63, 3.8) is 0 Å². The lowest BCUT2D eigenvalue weighted by Gasteiger charge is -2.40. The molecule has 1 aliphatic heterocycles. The highest BCUT2D eigenvalue weighted by Crippen LogP contribution is 2.58. The van der Waals surface area contributed by atoms with Crippen molar-refractivity contribution < 1.29 is 28.5 Å². The molecule has 2 saturated carbocycles. The molecule has 1 heterocycles. The molecule has 148 valence electrons. The molecule has 3 aliphatic rings. The zero-order valence-corrected chi connectivity index (χ0v) is 16.1. The molecule has 2 aliphatic carbocycles. The summed E-state index contributed by atoms with van der Waals surface area (Å²) in [4.78, 5) is 24.6. The fourth-order valence-electron chi connectivity index (χ4n) is 5.06. The van der Waals surface area contributed by atoms with Gasteiger partial charge in [-0.1, -0.05) is 19.3 Å². The SMILES string of the molecule is CCOC(=O)CCC[C@]1(C(=O)OC)CCCC12O[C@@H]1CCCCC[C@H]1O2. The van der Waals surface area contributed by atoms with Gasteiger partial charge in [0.15, 0.2) is 5.79 Å². The minimum atomic E-state index is -0.887. The van der Waals surface area contributed by atoms with Crippen LogP contribution in [0.1, 0.15) is 77.6 Å². The molecule has 0 N–H and O–H groups in total. The lowest BCUT2D eigenvalue weighted by atomic mass is 9.76. The van der Waals surface area contributed by atoms with E-state index in [1.54, 1.807) is 6.92 Å². The van der Waals surface area contributed by atoms with Crippen molar-refractivity contribution in [1.29, 1.82) is 0 Å². The van der Waals surface area contributed by atoms with E-state index in [1.807, 2.05) is 0 Å². The molecule has 1 saturated heterocycles. The van der Waals surface area contributed by atoms with Crippen LogP contribution in [0.2, 0.25) is 0 Å². The average molecular weight is 368 g/mol. The van der Waals surface area contributed by atoms with E-state index in [0.29, 0.717) is 38.7 Å². The molecule has 3 rings (SSSR count). The maximum atomic E-state index is 12.9. The Morgan fingerprint density at radius 2 is 1.73 bits per heavy atom. The summed E-state index contributed by atoms with van der Waals surface area (Å²) in [5.74, 6) is -1.38. The van der Waals surface area contributed by atoms with Gasteiger partial charge in [-0.15, -0.1) is 0 Å². The number of hydrogen-bond acceptors (Lipinski definition) is 6. The van der Waals surface area contributed by atoms with Crippen molar-refractivity contribution in [2.24, 2.45) is 5.41 Å². The Balaban J connectivity index is 1.77. The number of rotatable bonds is 6. The van der Waals surface area contributed by atoms with Crippen LogP contribution in [0.3, 0.4) is 0 Å². The molecule has 0 aromatic rings. The number of hydrogen-bond donors (Lipinski definition) is 0. The van der Waals surface area contributed by atoms with E-state index in [2.05, 4.69) is 0 Å². The highest BCUT2D eigenvalue weighted by Gasteiger charge is 2.66. The summed E-state index contributed by atoms with van der Waals surface area (Å²) >= 11 is 0. The first kappa shape index (κ1) is 19.6. The second kappa shape index (κ2) is 8.26. The van der Waals surface area contributed by atoms with E-state index in [4.69, 9.17) is 18.9 Å². The minimum Gasteiger partial charge on any atom is -0.468 e. The molecule has 3 fully saturated rings.